The Morgan fingerprint density at radius 3 is 2.12 bits per heavy atom. The summed E-state index contributed by atoms with van der Waals surface area (Å²) in [5.41, 5.74) is 2.33. The number of hydrogen-bond acceptors (Lipinski definition) is 9. The van der Waals surface area contributed by atoms with Crippen molar-refractivity contribution in [2.75, 3.05) is 44.3 Å². The van der Waals surface area contributed by atoms with Crippen LogP contribution in [0.5, 0.6) is 0 Å². The quantitative estimate of drug-likeness (QED) is 0.121. The van der Waals surface area contributed by atoms with Gasteiger partial charge >= 0.3 is 0 Å². The Morgan fingerprint density at radius 2 is 1.53 bits per heavy atom. The van der Waals surface area contributed by atoms with Crippen molar-refractivity contribution >= 4 is 36.8 Å². The number of anilines is 1. The van der Waals surface area contributed by atoms with Gasteiger partial charge in [-0.15, -0.1) is 0 Å². The minimum absolute atomic E-state index is 0.0202. The van der Waals surface area contributed by atoms with Gasteiger partial charge in [-0.2, -0.15) is 0 Å². The van der Waals surface area contributed by atoms with Crippen LogP contribution in [-0.2, 0) is 20.1 Å². The summed E-state index contributed by atoms with van der Waals surface area (Å²) in [6.45, 7) is 9.79. The number of benzene rings is 3. The van der Waals surface area contributed by atoms with Crippen molar-refractivity contribution in [2.45, 2.75) is 43.5 Å². The molecule has 4 rings (SSSR count). The van der Waals surface area contributed by atoms with Crippen molar-refractivity contribution in [3.05, 3.63) is 60.0 Å². The molecule has 3 N–H and O–H groups in total. The van der Waals surface area contributed by atoms with Gasteiger partial charge in [-0.25, -0.2) is 26.1 Å². The van der Waals surface area contributed by atoms with E-state index in [2.05, 4.69) is 14.2 Å². The van der Waals surface area contributed by atoms with Crippen molar-refractivity contribution in [2.24, 2.45) is 0 Å². The van der Waals surface area contributed by atoms with Crippen LogP contribution >= 0.6 is 0 Å². The summed E-state index contributed by atoms with van der Waals surface area (Å²) in [7, 11) is -9.58. The van der Waals surface area contributed by atoms with Crippen LogP contribution in [0.2, 0.25) is 0 Å². The minimum Gasteiger partial charge on any atom is -0.744 e. The number of fused-ring (bicyclic) bond motifs is 2. The number of nitrogens with one attached hydrogen (secondary N) is 1. The van der Waals surface area contributed by atoms with Gasteiger partial charge in [0.15, 0.2) is 0 Å². The molecule has 232 valence electrons. The molecule has 1 aliphatic carbocycles. The lowest BCUT2D eigenvalue weighted by Gasteiger charge is -2.23. The Labute approximate surface area is 251 Å². The number of aliphatic hydroxyl groups excluding tert-OH is 2. The molecule has 1 aliphatic heterocycles. The molecule has 0 saturated heterocycles. The molecule has 43 heavy (non-hydrogen) atoms. The molecule has 0 atom stereocenters. The first-order chi connectivity index (χ1) is 20.4. The molecule has 0 saturated carbocycles. The van der Waals surface area contributed by atoms with E-state index in [9.17, 15) is 31.6 Å². The minimum atomic E-state index is -5.19. The first-order valence-electron chi connectivity index (χ1n) is 14.1. The van der Waals surface area contributed by atoms with Crippen molar-refractivity contribution in [1.29, 1.82) is 0 Å². The third-order valence-electron chi connectivity index (χ3n) is 7.51. The number of aliphatic hydroxyl groups is 2. The Balaban J connectivity index is 2.10. The van der Waals surface area contributed by atoms with Crippen molar-refractivity contribution in [1.82, 2.24) is 9.30 Å². The van der Waals surface area contributed by atoms with Crippen LogP contribution in [0.4, 0.5) is 5.69 Å². The summed E-state index contributed by atoms with van der Waals surface area (Å²) >= 11 is 0. The second-order valence-electron chi connectivity index (χ2n) is 9.98. The molecule has 1 heterocycles. The first-order valence-corrected chi connectivity index (χ1v) is 17.0. The van der Waals surface area contributed by atoms with Crippen LogP contribution in [0.25, 0.3) is 33.4 Å². The second kappa shape index (κ2) is 13.1. The highest BCUT2D eigenvalue weighted by Crippen LogP contribution is 2.43. The fraction of sp³-hybridized carbons (Fsp3) is 0.367. The van der Waals surface area contributed by atoms with Crippen LogP contribution in [0.1, 0.15) is 27.7 Å². The van der Waals surface area contributed by atoms with Gasteiger partial charge < -0.3 is 24.1 Å². The number of sulfonamides is 1. The molecule has 13 heteroatoms. The lowest BCUT2D eigenvalue weighted by molar-refractivity contribution is 0.185. The Hall–Kier alpha value is -3.33. The van der Waals surface area contributed by atoms with Gasteiger partial charge in [-0.05, 0) is 58.0 Å². The molecule has 0 bridgehead atoms. The van der Waals surface area contributed by atoms with Crippen molar-refractivity contribution in [3.8, 4) is 22.5 Å². The molecule has 0 fully saturated rings. The Morgan fingerprint density at radius 1 is 0.884 bits per heavy atom. The van der Waals surface area contributed by atoms with E-state index in [0.29, 0.717) is 27.9 Å². The fourth-order valence-corrected chi connectivity index (χ4v) is 7.26. The molecule has 0 spiro atoms. The standard InChI is InChI=1S/C30H37N3O8S2/c1-5-32(6-2)21-9-12-24-27(15-21)41-28-16-22(33(7-3)8-4)10-13-25(28)30(24)26-14-11-23(17-29(26)43(38,39)40)42(36,37)31-20(18-34)19-35/h9-17,20,31,34-35H,5-8,18-19H2,1-4H3. The van der Waals surface area contributed by atoms with Gasteiger partial charge in [0.05, 0.1) is 35.1 Å². The van der Waals surface area contributed by atoms with E-state index >= 15 is 0 Å². The molecule has 2 aromatic carbocycles. The summed E-state index contributed by atoms with van der Waals surface area (Å²) in [5.74, 6) is 0.463. The maximum Gasteiger partial charge on any atom is 0.241 e. The van der Waals surface area contributed by atoms with E-state index < -0.39 is 49.2 Å². The Bertz CT molecular complexity index is 1870. The van der Waals surface area contributed by atoms with Crippen LogP contribution in [0, 0.1) is 0 Å². The predicted octanol–water partition coefficient (Wildman–Crippen LogP) is 2.40. The molecule has 0 aromatic heterocycles. The van der Waals surface area contributed by atoms with E-state index in [1.807, 2.05) is 52.0 Å². The number of nitrogens with zero attached hydrogens (tertiary/aromatic N) is 2. The molecule has 0 radical (unpaired) electrons. The van der Waals surface area contributed by atoms with Crippen LogP contribution < -0.4 is 19.6 Å². The largest absolute Gasteiger partial charge is 0.744 e. The maximum absolute atomic E-state index is 13.0. The van der Waals surface area contributed by atoms with Crippen LogP contribution in [0.3, 0.4) is 0 Å². The van der Waals surface area contributed by atoms with E-state index in [1.165, 1.54) is 12.1 Å². The zero-order valence-electron chi connectivity index (χ0n) is 24.6. The van der Waals surface area contributed by atoms with Gasteiger partial charge in [0.1, 0.15) is 34.6 Å². The zero-order valence-corrected chi connectivity index (χ0v) is 26.2. The zero-order chi connectivity index (χ0) is 31.5. The lowest BCUT2D eigenvalue weighted by Crippen LogP contribution is -2.40. The summed E-state index contributed by atoms with van der Waals surface area (Å²) in [6.07, 6.45) is 0. The van der Waals surface area contributed by atoms with E-state index in [0.717, 1.165) is 43.3 Å². The summed E-state index contributed by atoms with van der Waals surface area (Å²) < 4.78 is 74.6. The molecule has 2 aliphatic rings. The molecular weight excluding hydrogens is 594 g/mol. The molecule has 0 amide bonds. The molecular formula is C30H37N3O8S2. The predicted molar refractivity (Wildman–Crippen MR) is 164 cm³/mol. The summed E-state index contributed by atoms with van der Waals surface area (Å²) in [6, 6.07) is 13.2. The van der Waals surface area contributed by atoms with Crippen LogP contribution in [-0.4, -0.2) is 77.0 Å². The molecule has 2 aromatic rings. The normalized spacial score (nSPS) is 12.4. The SMILES string of the molecule is CCN(CC)c1ccc2c(-c3ccc(S(=O)(=O)NC(CO)CO)cc3S(=O)(=O)[O-])c3ccc(=[N+](CC)CC)cc-3oc2c1. The van der Waals surface area contributed by atoms with Gasteiger partial charge in [0, 0.05) is 53.0 Å². The van der Waals surface area contributed by atoms with E-state index in [4.69, 9.17) is 4.42 Å². The van der Waals surface area contributed by atoms with Crippen LogP contribution in [0.15, 0.2) is 68.8 Å². The summed E-state index contributed by atoms with van der Waals surface area (Å²) in [5, 5.41) is 20.1. The highest BCUT2D eigenvalue weighted by Gasteiger charge is 2.26. The average Bonchev–Trinajstić information content (AvgIpc) is 2.99. The molecule has 11 nitrogen and oxygen atoms in total. The maximum atomic E-state index is 13.0. The average molecular weight is 632 g/mol. The van der Waals surface area contributed by atoms with E-state index in [1.54, 1.807) is 12.1 Å². The Kier molecular flexibility index (Phi) is 9.94. The van der Waals surface area contributed by atoms with Gasteiger partial charge in [-0.3, -0.25) is 0 Å². The smallest absolute Gasteiger partial charge is 0.241 e. The first kappa shape index (κ1) is 32.6. The number of hydrogen-bond donors (Lipinski definition) is 3. The molecule has 0 unspecified atom stereocenters. The monoisotopic (exact) mass is 631 g/mol. The van der Waals surface area contributed by atoms with Gasteiger partial charge in [-0.1, -0.05) is 6.07 Å². The topological polar surface area (TPSA) is 163 Å². The highest BCUT2D eigenvalue weighted by molar-refractivity contribution is 7.89. The third-order valence-corrected chi connectivity index (χ3v) is 9.91. The van der Waals surface area contributed by atoms with Crippen molar-refractivity contribution < 1.29 is 36.0 Å². The van der Waals surface area contributed by atoms with Gasteiger partial charge in [0.25, 0.3) is 0 Å². The fourth-order valence-electron chi connectivity index (χ4n) is 5.23. The second-order valence-corrected chi connectivity index (χ2v) is 13.0. The van der Waals surface area contributed by atoms with Gasteiger partial charge in [0.2, 0.25) is 15.4 Å². The summed E-state index contributed by atoms with van der Waals surface area (Å²) in [4.78, 5) is 0.908. The van der Waals surface area contributed by atoms with Crippen molar-refractivity contribution in [3.63, 3.8) is 0 Å². The third kappa shape index (κ3) is 6.61. The lowest BCUT2D eigenvalue weighted by atomic mass is 9.93. The number of rotatable bonds is 12. The highest BCUT2D eigenvalue weighted by atomic mass is 32.2. The van der Waals surface area contributed by atoms with E-state index in [-0.39, 0.29) is 5.56 Å².